The molecular weight excluding hydrogens is 613 g/mol. The van der Waals surface area contributed by atoms with E-state index >= 15 is 0 Å². The third kappa shape index (κ3) is 10.0. The fourth-order valence-electron chi connectivity index (χ4n) is 5.15. The highest BCUT2D eigenvalue weighted by Crippen LogP contribution is 2.35. The molecule has 4 aromatic rings. The zero-order chi connectivity index (χ0) is 32.2. The zero-order valence-electron chi connectivity index (χ0n) is 25.8. The van der Waals surface area contributed by atoms with Crippen molar-refractivity contribution >= 4 is 29.3 Å². The molecule has 0 aliphatic heterocycles. The van der Waals surface area contributed by atoms with Crippen molar-refractivity contribution in [2.24, 2.45) is 0 Å². The monoisotopic (exact) mass is 651 g/mol. The van der Waals surface area contributed by atoms with Crippen LogP contribution in [0.15, 0.2) is 78.9 Å². The summed E-state index contributed by atoms with van der Waals surface area (Å²) < 4.78 is 22.8. The summed E-state index contributed by atoms with van der Waals surface area (Å²) >= 11 is 12.5. The average Bonchev–Trinajstić information content (AvgIpc) is 3.01. The maximum Gasteiger partial charge on any atom is 0.404 e. The Kier molecular flexibility index (Phi) is 12.8. The summed E-state index contributed by atoms with van der Waals surface area (Å²) in [4.78, 5) is 11.4. The van der Waals surface area contributed by atoms with Gasteiger partial charge in [-0.2, -0.15) is 0 Å². The number of benzene rings is 4. The topological polar surface area (TPSA) is 86.3 Å². The fraction of sp³-hybridized carbons (Fsp3) is 0.306. The van der Waals surface area contributed by atoms with Crippen molar-refractivity contribution in [2.45, 2.75) is 32.6 Å². The molecule has 0 radical (unpaired) electrons. The van der Waals surface area contributed by atoms with Crippen LogP contribution in [0.3, 0.4) is 0 Å². The molecule has 0 saturated heterocycles. The van der Waals surface area contributed by atoms with Crippen molar-refractivity contribution in [2.75, 3.05) is 40.1 Å². The molecular formula is C36H39Cl2NO6. The van der Waals surface area contributed by atoms with Gasteiger partial charge in [0, 0.05) is 38.2 Å². The molecule has 4 aromatic carbocycles. The van der Waals surface area contributed by atoms with E-state index in [0.717, 1.165) is 45.6 Å². The molecule has 0 fully saturated rings. The number of rotatable bonds is 16. The first kappa shape index (κ1) is 34.0. The summed E-state index contributed by atoms with van der Waals surface area (Å²) in [7, 11) is 1.68. The SMILES string of the molecule is COCCCOc1ccccc1-c1ccc(C(CNC(=O)O)Cc2ccc(OCCOc3c(Cl)cc(C)cc3Cl)cc2)c(C)c1. The van der Waals surface area contributed by atoms with E-state index in [9.17, 15) is 9.90 Å². The van der Waals surface area contributed by atoms with Crippen molar-refractivity contribution < 1.29 is 28.8 Å². The Morgan fingerprint density at radius 3 is 2.24 bits per heavy atom. The highest BCUT2D eigenvalue weighted by Gasteiger charge is 2.18. The number of halogens is 2. The quantitative estimate of drug-likeness (QED) is 0.118. The van der Waals surface area contributed by atoms with E-state index in [2.05, 4.69) is 30.4 Å². The molecule has 0 spiro atoms. The molecule has 7 nitrogen and oxygen atoms in total. The first-order chi connectivity index (χ1) is 21.7. The fourth-order valence-corrected chi connectivity index (χ4v) is 5.86. The number of carboxylic acid groups (broad SMARTS) is 1. The molecule has 0 bridgehead atoms. The molecule has 2 N–H and O–H groups in total. The third-order valence-electron chi connectivity index (χ3n) is 7.30. The van der Waals surface area contributed by atoms with Crippen LogP contribution in [0.4, 0.5) is 4.79 Å². The standard InChI is InChI=1S/C36H39Cl2NO6/c1-24-19-32(37)35(33(38)20-24)45-18-17-43-29-12-9-26(10-13-29)22-28(23-39-36(40)41)30-14-11-27(21-25(30)2)31-7-4-5-8-34(31)44-16-6-15-42-3/h4-5,7-14,19-21,28,39H,6,15-18,22-23H2,1-3H3,(H,40,41). The molecule has 0 saturated carbocycles. The van der Waals surface area contributed by atoms with Crippen LogP contribution < -0.4 is 19.5 Å². The highest BCUT2D eigenvalue weighted by atomic mass is 35.5. The number of nitrogens with one attached hydrogen (secondary N) is 1. The van der Waals surface area contributed by atoms with E-state index in [0.29, 0.717) is 47.8 Å². The first-order valence-electron chi connectivity index (χ1n) is 14.8. The van der Waals surface area contributed by atoms with Crippen LogP contribution in [0.1, 0.15) is 34.6 Å². The minimum absolute atomic E-state index is 0.0696. The van der Waals surface area contributed by atoms with Gasteiger partial charge in [0.25, 0.3) is 0 Å². The van der Waals surface area contributed by atoms with Gasteiger partial charge in [-0.1, -0.05) is 71.7 Å². The molecule has 4 rings (SSSR count). The van der Waals surface area contributed by atoms with E-state index in [1.54, 1.807) is 19.2 Å². The molecule has 45 heavy (non-hydrogen) atoms. The molecule has 0 aliphatic carbocycles. The minimum Gasteiger partial charge on any atom is -0.493 e. The van der Waals surface area contributed by atoms with Gasteiger partial charge >= 0.3 is 6.09 Å². The zero-order valence-corrected chi connectivity index (χ0v) is 27.3. The predicted molar refractivity (Wildman–Crippen MR) is 180 cm³/mol. The summed E-state index contributed by atoms with van der Waals surface area (Å²) in [5.74, 6) is 1.90. The molecule has 238 valence electrons. The third-order valence-corrected chi connectivity index (χ3v) is 7.87. The normalized spacial score (nSPS) is 11.6. The summed E-state index contributed by atoms with van der Waals surface area (Å²) in [5.41, 5.74) is 6.23. The second kappa shape index (κ2) is 17.0. The van der Waals surface area contributed by atoms with E-state index in [4.69, 9.17) is 42.1 Å². The van der Waals surface area contributed by atoms with Crippen molar-refractivity contribution in [3.8, 4) is 28.4 Å². The molecule has 0 heterocycles. The summed E-state index contributed by atoms with van der Waals surface area (Å²) in [6.07, 6.45) is 0.405. The van der Waals surface area contributed by atoms with Gasteiger partial charge < -0.3 is 29.4 Å². The Hall–Kier alpha value is -3.91. The van der Waals surface area contributed by atoms with Crippen molar-refractivity contribution in [1.82, 2.24) is 5.32 Å². The second-order valence-electron chi connectivity index (χ2n) is 10.7. The minimum atomic E-state index is -1.05. The number of carbonyl (C=O) groups is 1. The lowest BCUT2D eigenvalue weighted by Crippen LogP contribution is -2.28. The second-order valence-corrected chi connectivity index (χ2v) is 11.6. The van der Waals surface area contributed by atoms with Crippen LogP contribution in [-0.2, 0) is 11.2 Å². The smallest absolute Gasteiger partial charge is 0.404 e. The maximum atomic E-state index is 11.4. The van der Waals surface area contributed by atoms with E-state index in [1.807, 2.05) is 55.5 Å². The Morgan fingerprint density at radius 1 is 0.844 bits per heavy atom. The van der Waals surface area contributed by atoms with Gasteiger partial charge in [-0.15, -0.1) is 0 Å². The number of ether oxygens (including phenoxy) is 4. The van der Waals surface area contributed by atoms with E-state index in [-0.39, 0.29) is 19.1 Å². The molecule has 0 aliphatic rings. The van der Waals surface area contributed by atoms with Crippen molar-refractivity contribution in [3.05, 3.63) is 111 Å². The van der Waals surface area contributed by atoms with Crippen LogP contribution in [0.5, 0.6) is 17.2 Å². The van der Waals surface area contributed by atoms with Gasteiger partial charge in [0.15, 0.2) is 5.75 Å². The average molecular weight is 653 g/mol. The number of amides is 1. The number of aryl methyl sites for hydroxylation is 2. The number of hydrogen-bond acceptors (Lipinski definition) is 5. The van der Waals surface area contributed by atoms with Crippen LogP contribution in [0.25, 0.3) is 11.1 Å². The van der Waals surface area contributed by atoms with Crippen molar-refractivity contribution in [3.63, 3.8) is 0 Å². The molecule has 1 atom stereocenters. The summed E-state index contributed by atoms with van der Waals surface area (Å²) in [5, 5.41) is 12.9. The number of hydrogen-bond donors (Lipinski definition) is 2. The van der Waals surface area contributed by atoms with Gasteiger partial charge in [0.05, 0.1) is 16.7 Å². The lowest BCUT2D eigenvalue weighted by atomic mass is 9.87. The summed E-state index contributed by atoms with van der Waals surface area (Å²) in [6, 6.07) is 25.7. The van der Waals surface area contributed by atoms with Crippen LogP contribution in [0, 0.1) is 13.8 Å². The Bertz CT molecular complexity index is 1540. The molecule has 1 amide bonds. The largest absolute Gasteiger partial charge is 0.493 e. The Morgan fingerprint density at radius 2 is 1.56 bits per heavy atom. The van der Waals surface area contributed by atoms with Crippen LogP contribution in [-0.4, -0.2) is 51.3 Å². The van der Waals surface area contributed by atoms with Gasteiger partial charge in [0.1, 0.15) is 24.7 Å². The van der Waals surface area contributed by atoms with E-state index < -0.39 is 6.09 Å². The first-order valence-corrected chi connectivity index (χ1v) is 15.6. The van der Waals surface area contributed by atoms with Crippen LogP contribution in [0.2, 0.25) is 10.0 Å². The lowest BCUT2D eigenvalue weighted by molar-refractivity contribution is 0.172. The maximum absolute atomic E-state index is 11.4. The Labute approximate surface area is 275 Å². The predicted octanol–water partition coefficient (Wildman–Crippen LogP) is 8.74. The van der Waals surface area contributed by atoms with Gasteiger partial charge in [0.2, 0.25) is 0 Å². The highest BCUT2D eigenvalue weighted by molar-refractivity contribution is 6.37. The van der Waals surface area contributed by atoms with Crippen LogP contribution >= 0.6 is 23.2 Å². The summed E-state index contributed by atoms with van der Waals surface area (Å²) in [6.45, 7) is 6.08. The van der Waals surface area contributed by atoms with Gasteiger partial charge in [-0.05, 0) is 78.4 Å². The van der Waals surface area contributed by atoms with Gasteiger partial charge in [-0.3, -0.25) is 0 Å². The lowest BCUT2D eigenvalue weighted by Gasteiger charge is -2.21. The number of para-hydroxylation sites is 1. The van der Waals surface area contributed by atoms with Gasteiger partial charge in [-0.25, -0.2) is 4.79 Å². The Balaban J connectivity index is 1.41. The van der Waals surface area contributed by atoms with Crippen molar-refractivity contribution in [1.29, 1.82) is 0 Å². The number of methoxy groups -OCH3 is 1. The molecule has 0 aromatic heterocycles. The molecule has 9 heteroatoms. The molecule has 1 unspecified atom stereocenters. The van der Waals surface area contributed by atoms with E-state index in [1.165, 1.54) is 0 Å².